The number of carbonyl (C=O) groups is 1. The molecule has 0 unspecified atom stereocenters. The van der Waals surface area contributed by atoms with Gasteiger partial charge in [0.2, 0.25) is 10.0 Å². The summed E-state index contributed by atoms with van der Waals surface area (Å²) >= 11 is 1.56. The molecule has 0 aliphatic carbocycles. The van der Waals surface area contributed by atoms with Crippen molar-refractivity contribution in [2.75, 3.05) is 18.4 Å². The van der Waals surface area contributed by atoms with Crippen LogP contribution < -0.4 is 5.32 Å². The summed E-state index contributed by atoms with van der Waals surface area (Å²) in [5.74, 6) is -0.322. The number of hydrogen-bond acceptors (Lipinski definition) is 4. The Morgan fingerprint density at radius 2 is 1.61 bits per heavy atom. The van der Waals surface area contributed by atoms with E-state index in [1.807, 2.05) is 61.5 Å². The van der Waals surface area contributed by atoms with Gasteiger partial charge in [0.05, 0.1) is 10.6 Å². The molecule has 0 aromatic heterocycles. The zero-order valence-corrected chi connectivity index (χ0v) is 18.9. The van der Waals surface area contributed by atoms with Gasteiger partial charge in [-0.1, -0.05) is 48.2 Å². The number of benzene rings is 3. The molecule has 4 rings (SSSR count). The molecule has 1 saturated heterocycles. The topological polar surface area (TPSA) is 66.5 Å². The number of anilines is 1. The van der Waals surface area contributed by atoms with E-state index in [0.29, 0.717) is 24.3 Å². The highest BCUT2D eigenvalue weighted by molar-refractivity contribution is 7.99. The van der Waals surface area contributed by atoms with Crippen LogP contribution >= 0.6 is 11.8 Å². The monoisotopic (exact) mass is 452 g/mol. The Morgan fingerprint density at radius 3 is 2.35 bits per heavy atom. The maximum absolute atomic E-state index is 13.1. The minimum atomic E-state index is -3.58. The van der Waals surface area contributed by atoms with Gasteiger partial charge < -0.3 is 5.32 Å². The normalized spacial score (nSPS) is 14.5. The molecule has 0 bridgehead atoms. The number of nitrogens with one attached hydrogen (secondary N) is 1. The maximum atomic E-state index is 13.1. The predicted octanol–water partition coefficient (Wildman–Crippen LogP) is 5.18. The largest absolute Gasteiger partial charge is 0.321 e. The standard InChI is InChI=1S/C24H24N2O3S2/c1-18-13-14-20(31(28,29)26-15-7-8-16-26)17-21(18)24(27)25-22-11-5-6-12-23(22)30-19-9-3-2-4-10-19/h2-6,9-14,17H,7-8,15-16H2,1H3,(H,25,27). The Hall–Kier alpha value is -2.61. The number of amides is 1. The van der Waals surface area contributed by atoms with Gasteiger partial charge in [-0.15, -0.1) is 0 Å². The average Bonchev–Trinajstić information content (AvgIpc) is 3.32. The van der Waals surface area contributed by atoms with Crippen molar-refractivity contribution in [2.45, 2.75) is 34.5 Å². The first-order chi connectivity index (χ1) is 14.9. The Kier molecular flexibility index (Phi) is 6.46. The molecule has 0 saturated carbocycles. The second-order valence-electron chi connectivity index (χ2n) is 7.45. The Balaban J connectivity index is 1.60. The molecule has 1 aliphatic rings. The maximum Gasteiger partial charge on any atom is 0.256 e. The van der Waals surface area contributed by atoms with Gasteiger partial charge in [0.25, 0.3) is 5.91 Å². The molecule has 1 amide bonds. The molecule has 1 heterocycles. The number of nitrogens with zero attached hydrogens (tertiary/aromatic N) is 1. The van der Waals surface area contributed by atoms with Gasteiger partial charge in [-0.05, 0) is 61.7 Å². The minimum absolute atomic E-state index is 0.164. The fourth-order valence-corrected chi connectivity index (χ4v) is 6.01. The van der Waals surface area contributed by atoms with Crippen molar-refractivity contribution in [3.63, 3.8) is 0 Å². The van der Waals surface area contributed by atoms with E-state index in [1.165, 1.54) is 10.4 Å². The number of sulfonamides is 1. The van der Waals surface area contributed by atoms with Gasteiger partial charge >= 0.3 is 0 Å². The van der Waals surface area contributed by atoms with E-state index in [1.54, 1.807) is 23.9 Å². The van der Waals surface area contributed by atoms with E-state index >= 15 is 0 Å². The highest BCUT2D eigenvalue weighted by atomic mass is 32.2. The van der Waals surface area contributed by atoms with Crippen LogP contribution in [0.5, 0.6) is 0 Å². The molecule has 7 heteroatoms. The molecule has 1 fully saturated rings. The van der Waals surface area contributed by atoms with Crippen molar-refractivity contribution >= 4 is 33.4 Å². The van der Waals surface area contributed by atoms with Crippen LogP contribution in [0.4, 0.5) is 5.69 Å². The summed E-state index contributed by atoms with van der Waals surface area (Å²) in [6, 6.07) is 22.3. The molecule has 5 nitrogen and oxygen atoms in total. The smallest absolute Gasteiger partial charge is 0.256 e. The molecule has 1 N–H and O–H groups in total. The van der Waals surface area contributed by atoms with Crippen molar-refractivity contribution in [3.05, 3.63) is 83.9 Å². The molecule has 0 spiro atoms. The van der Waals surface area contributed by atoms with E-state index < -0.39 is 10.0 Å². The second kappa shape index (κ2) is 9.26. The van der Waals surface area contributed by atoms with Gasteiger partial charge in [-0.2, -0.15) is 4.31 Å². The summed E-state index contributed by atoms with van der Waals surface area (Å²) in [4.78, 5) is 15.3. The van der Waals surface area contributed by atoms with Crippen LogP contribution in [-0.4, -0.2) is 31.7 Å². The van der Waals surface area contributed by atoms with Crippen LogP contribution in [0.1, 0.15) is 28.8 Å². The highest BCUT2D eigenvalue weighted by Crippen LogP contribution is 2.33. The molecule has 0 atom stereocenters. The Labute approximate surface area is 187 Å². The summed E-state index contributed by atoms with van der Waals surface area (Å²) in [6.07, 6.45) is 1.74. The number of rotatable bonds is 6. The van der Waals surface area contributed by atoms with Crippen LogP contribution in [0.3, 0.4) is 0 Å². The van der Waals surface area contributed by atoms with E-state index in [2.05, 4.69) is 5.32 Å². The minimum Gasteiger partial charge on any atom is -0.321 e. The molecular formula is C24H24N2O3S2. The third kappa shape index (κ3) is 4.84. The molecule has 3 aromatic rings. The first kappa shape index (κ1) is 21.6. The quantitative estimate of drug-likeness (QED) is 0.559. The molecule has 160 valence electrons. The second-order valence-corrected chi connectivity index (χ2v) is 10.5. The van der Waals surface area contributed by atoms with E-state index in [4.69, 9.17) is 0 Å². The zero-order chi connectivity index (χ0) is 21.8. The summed E-state index contributed by atoms with van der Waals surface area (Å²) in [7, 11) is -3.58. The van der Waals surface area contributed by atoms with Crippen molar-refractivity contribution in [1.82, 2.24) is 4.31 Å². The van der Waals surface area contributed by atoms with Crippen molar-refractivity contribution < 1.29 is 13.2 Å². The lowest BCUT2D eigenvalue weighted by molar-refractivity contribution is 0.102. The fourth-order valence-electron chi connectivity index (χ4n) is 3.55. The summed E-state index contributed by atoms with van der Waals surface area (Å²) in [5.41, 5.74) is 1.78. The number of para-hydroxylation sites is 1. The zero-order valence-electron chi connectivity index (χ0n) is 17.2. The third-order valence-corrected chi connectivity index (χ3v) is 8.24. The lowest BCUT2D eigenvalue weighted by atomic mass is 10.1. The highest BCUT2D eigenvalue weighted by Gasteiger charge is 2.28. The predicted molar refractivity (Wildman–Crippen MR) is 124 cm³/mol. The molecular weight excluding hydrogens is 428 g/mol. The van der Waals surface area contributed by atoms with Gasteiger partial charge in [0.15, 0.2) is 0 Å². The molecule has 3 aromatic carbocycles. The molecule has 31 heavy (non-hydrogen) atoms. The summed E-state index contributed by atoms with van der Waals surface area (Å²) in [5, 5.41) is 2.97. The van der Waals surface area contributed by atoms with Gasteiger partial charge in [0, 0.05) is 28.4 Å². The molecule has 1 aliphatic heterocycles. The Morgan fingerprint density at radius 1 is 0.935 bits per heavy atom. The third-order valence-electron chi connectivity index (χ3n) is 5.26. The lowest BCUT2D eigenvalue weighted by Gasteiger charge is -2.17. The van der Waals surface area contributed by atoms with E-state index in [-0.39, 0.29) is 10.8 Å². The summed E-state index contributed by atoms with van der Waals surface area (Å²) < 4.78 is 27.3. The van der Waals surface area contributed by atoms with Crippen LogP contribution in [0.25, 0.3) is 0 Å². The van der Waals surface area contributed by atoms with E-state index in [0.717, 1.165) is 28.2 Å². The number of carbonyl (C=O) groups excluding carboxylic acids is 1. The Bertz CT molecular complexity index is 1190. The van der Waals surface area contributed by atoms with Crippen molar-refractivity contribution in [2.24, 2.45) is 0 Å². The number of aryl methyl sites for hydroxylation is 1. The first-order valence-corrected chi connectivity index (χ1v) is 12.4. The van der Waals surface area contributed by atoms with Crippen LogP contribution in [0.2, 0.25) is 0 Å². The lowest BCUT2D eigenvalue weighted by Crippen LogP contribution is -2.28. The fraction of sp³-hybridized carbons (Fsp3) is 0.208. The van der Waals surface area contributed by atoms with Crippen LogP contribution in [-0.2, 0) is 10.0 Å². The average molecular weight is 453 g/mol. The summed E-state index contributed by atoms with van der Waals surface area (Å²) in [6.45, 7) is 2.87. The van der Waals surface area contributed by atoms with Crippen LogP contribution in [0, 0.1) is 6.92 Å². The number of hydrogen-bond donors (Lipinski definition) is 1. The van der Waals surface area contributed by atoms with Gasteiger partial charge in [-0.25, -0.2) is 8.42 Å². The van der Waals surface area contributed by atoms with E-state index in [9.17, 15) is 13.2 Å². The van der Waals surface area contributed by atoms with Gasteiger partial charge in [-0.3, -0.25) is 4.79 Å². The molecule has 0 radical (unpaired) electrons. The van der Waals surface area contributed by atoms with Gasteiger partial charge in [0.1, 0.15) is 0 Å². The van der Waals surface area contributed by atoms with Crippen LogP contribution in [0.15, 0.2) is 87.5 Å². The van der Waals surface area contributed by atoms with Crippen molar-refractivity contribution in [3.8, 4) is 0 Å². The SMILES string of the molecule is Cc1ccc(S(=O)(=O)N2CCCC2)cc1C(=O)Nc1ccccc1Sc1ccccc1. The van der Waals surface area contributed by atoms with Crippen molar-refractivity contribution in [1.29, 1.82) is 0 Å². The first-order valence-electron chi connectivity index (χ1n) is 10.2.